The molecular formula is C11H17NO. The van der Waals surface area contributed by atoms with Crippen molar-refractivity contribution < 1.29 is 4.74 Å². The van der Waals surface area contributed by atoms with Gasteiger partial charge in [0.25, 0.3) is 0 Å². The molecule has 0 saturated carbocycles. The molecule has 0 bridgehead atoms. The minimum absolute atomic E-state index is 0.713. The third kappa shape index (κ3) is 2.38. The number of ether oxygens (including phenoxy) is 1. The van der Waals surface area contributed by atoms with Crippen LogP contribution < -0.4 is 9.64 Å². The number of rotatable bonds is 3. The predicted octanol–water partition coefficient (Wildman–Crippen LogP) is 2.46. The maximum atomic E-state index is 5.54. The van der Waals surface area contributed by atoms with Crippen molar-refractivity contribution in [2.75, 3.05) is 25.6 Å². The molecule has 0 spiro atoms. The third-order valence-electron chi connectivity index (χ3n) is 1.90. The molecule has 0 saturated heterocycles. The fraction of sp³-hybridized carbons (Fsp3) is 0.455. The van der Waals surface area contributed by atoms with Gasteiger partial charge in [0.05, 0.1) is 12.3 Å². The van der Waals surface area contributed by atoms with Crippen LogP contribution in [-0.4, -0.2) is 20.7 Å². The summed E-state index contributed by atoms with van der Waals surface area (Å²) in [5.74, 6) is 0.965. The van der Waals surface area contributed by atoms with E-state index in [1.54, 1.807) is 0 Å². The summed E-state index contributed by atoms with van der Waals surface area (Å²) < 4.78 is 5.54. The Morgan fingerprint density at radius 2 is 2.00 bits per heavy atom. The Hall–Kier alpha value is -1.18. The van der Waals surface area contributed by atoms with Gasteiger partial charge >= 0.3 is 0 Å². The molecule has 0 aromatic heterocycles. The molecule has 2 heteroatoms. The molecule has 0 aliphatic rings. The number of anilines is 1. The van der Waals surface area contributed by atoms with E-state index in [4.69, 9.17) is 4.74 Å². The van der Waals surface area contributed by atoms with Crippen LogP contribution in [0.4, 0.5) is 5.69 Å². The van der Waals surface area contributed by atoms with Crippen molar-refractivity contribution in [2.24, 2.45) is 0 Å². The molecule has 0 unspecified atom stereocenters. The smallest absolute Gasteiger partial charge is 0.142 e. The summed E-state index contributed by atoms with van der Waals surface area (Å²) >= 11 is 0. The van der Waals surface area contributed by atoms with E-state index >= 15 is 0 Å². The summed E-state index contributed by atoms with van der Waals surface area (Å²) in [6, 6.07) is 6.25. The summed E-state index contributed by atoms with van der Waals surface area (Å²) in [5, 5.41) is 0. The van der Waals surface area contributed by atoms with Crippen molar-refractivity contribution in [3.8, 4) is 5.75 Å². The largest absolute Gasteiger partial charge is 0.492 e. The zero-order chi connectivity index (χ0) is 9.84. The zero-order valence-electron chi connectivity index (χ0n) is 8.79. The number of hydrogen-bond donors (Lipinski definition) is 0. The van der Waals surface area contributed by atoms with Crippen LogP contribution in [0, 0.1) is 6.92 Å². The summed E-state index contributed by atoms with van der Waals surface area (Å²) in [7, 11) is 4.04. The van der Waals surface area contributed by atoms with Crippen LogP contribution >= 0.6 is 0 Å². The van der Waals surface area contributed by atoms with Crippen molar-refractivity contribution in [1.82, 2.24) is 0 Å². The first-order valence-electron chi connectivity index (χ1n) is 4.56. The zero-order valence-corrected chi connectivity index (χ0v) is 8.79. The first-order valence-corrected chi connectivity index (χ1v) is 4.56. The Morgan fingerprint density at radius 1 is 1.31 bits per heavy atom. The molecule has 0 aliphatic heterocycles. The number of benzene rings is 1. The van der Waals surface area contributed by atoms with Crippen molar-refractivity contribution in [2.45, 2.75) is 13.8 Å². The fourth-order valence-corrected chi connectivity index (χ4v) is 1.26. The SMILES string of the molecule is CCOc1cc(C)ccc1N(C)C. The minimum Gasteiger partial charge on any atom is -0.492 e. The van der Waals surface area contributed by atoms with Gasteiger partial charge in [-0.15, -0.1) is 0 Å². The molecule has 0 amide bonds. The molecule has 13 heavy (non-hydrogen) atoms. The van der Waals surface area contributed by atoms with Crippen LogP contribution in [0.1, 0.15) is 12.5 Å². The van der Waals surface area contributed by atoms with Gasteiger partial charge in [0.1, 0.15) is 5.75 Å². The highest BCUT2D eigenvalue weighted by atomic mass is 16.5. The van der Waals surface area contributed by atoms with Crippen molar-refractivity contribution in [3.05, 3.63) is 23.8 Å². The van der Waals surface area contributed by atoms with Crippen molar-refractivity contribution in [3.63, 3.8) is 0 Å². The van der Waals surface area contributed by atoms with E-state index in [0.717, 1.165) is 11.4 Å². The van der Waals surface area contributed by atoms with Gasteiger partial charge in [-0.05, 0) is 31.5 Å². The molecule has 0 aliphatic carbocycles. The molecule has 0 heterocycles. The second kappa shape index (κ2) is 4.17. The Balaban J connectivity index is 3.03. The number of aryl methyl sites for hydroxylation is 1. The van der Waals surface area contributed by atoms with E-state index in [-0.39, 0.29) is 0 Å². The van der Waals surface area contributed by atoms with E-state index in [9.17, 15) is 0 Å². The number of nitrogens with zero attached hydrogens (tertiary/aromatic N) is 1. The quantitative estimate of drug-likeness (QED) is 0.706. The second-order valence-electron chi connectivity index (χ2n) is 3.30. The molecule has 1 aromatic rings. The van der Waals surface area contributed by atoms with E-state index in [2.05, 4.69) is 30.0 Å². The minimum atomic E-state index is 0.713. The highest BCUT2D eigenvalue weighted by Gasteiger charge is 2.04. The van der Waals surface area contributed by atoms with Gasteiger partial charge in [-0.3, -0.25) is 0 Å². The van der Waals surface area contributed by atoms with Gasteiger partial charge in [-0.1, -0.05) is 6.07 Å². The fourth-order valence-electron chi connectivity index (χ4n) is 1.26. The lowest BCUT2D eigenvalue weighted by molar-refractivity contribution is 0.341. The highest BCUT2D eigenvalue weighted by Crippen LogP contribution is 2.27. The van der Waals surface area contributed by atoms with Gasteiger partial charge < -0.3 is 9.64 Å². The summed E-state index contributed by atoms with van der Waals surface area (Å²) in [4.78, 5) is 2.06. The van der Waals surface area contributed by atoms with Gasteiger partial charge in [-0.25, -0.2) is 0 Å². The molecule has 2 nitrogen and oxygen atoms in total. The first kappa shape index (κ1) is 9.90. The summed E-state index contributed by atoms with van der Waals surface area (Å²) in [6.07, 6.45) is 0. The standard InChI is InChI=1S/C11H17NO/c1-5-13-11-8-9(2)6-7-10(11)12(3)4/h6-8H,5H2,1-4H3. The molecule has 0 atom stereocenters. The average molecular weight is 179 g/mol. The maximum Gasteiger partial charge on any atom is 0.142 e. The Morgan fingerprint density at radius 3 is 2.54 bits per heavy atom. The summed E-state index contributed by atoms with van der Waals surface area (Å²) in [6.45, 7) is 4.79. The second-order valence-corrected chi connectivity index (χ2v) is 3.30. The Labute approximate surface area is 80.1 Å². The monoisotopic (exact) mass is 179 g/mol. The van der Waals surface area contributed by atoms with Crippen LogP contribution in [0.15, 0.2) is 18.2 Å². The van der Waals surface area contributed by atoms with Crippen LogP contribution in [0.2, 0.25) is 0 Å². The molecule has 1 rings (SSSR count). The van der Waals surface area contributed by atoms with Crippen LogP contribution in [0.5, 0.6) is 5.75 Å². The number of hydrogen-bond acceptors (Lipinski definition) is 2. The van der Waals surface area contributed by atoms with E-state index < -0.39 is 0 Å². The Bertz CT molecular complexity index is 281. The van der Waals surface area contributed by atoms with E-state index in [1.165, 1.54) is 5.56 Å². The van der Waals surface area contributed by atoms with Gasteiger partial charge in [-0.2, -0.15) is 0 Å². The lowest BCUT2D eigenvalue weighted by Gasteiger charge is -2.17. The Kier molecular flexibility index (Phi) is 3.18. The first-order chi connectivity index (χ1) is 6.15. The average Bonchev–Trinajstić information content (AvgIpc) is 2.04. The van der Waals surface area contributed by atoms with Crippen LogP contribution in [0.3, 0.4) is 0 Å². The lowest BCUT2D eigenvalue weighted by atomic mass is 10.2. The maximum absolute atomic E-state index is 5.54. The van der Waals surface area contributed by atoms with E-state index in [1.807, 2.05) is 21.0 Å². The van der Waals surface area contributed by atoms with Crippen LogP contribution in [-0.2, 0) is 0 Å². The van der Waals surface area contributed by atoms with Gasteiger partial charge in [0.2, 0.25) is 0 Å². The van der Waals surface area contributed by atoms with Gasteiger partial charge in [0, 0.05) is 14.1 Å². The molecule has 0 fully saturated rings. The molecule has 0 radical (unpaired) electrons. The predicted molar refractivity (Wildman–Crippen MR) is 56.7 cm³/mol. The third-order valence-corrected chi connectivity index (χ3v) is 1.90. The lowest BCUT2D eigenvalue weighted by Crippen LogP contribution is -2.10. The topological polar surface area (TPSA) is 12.5 Å². The summed E-state index contributed by atoms with van der Waals surface area (Å²) in [5.41, 5.74) is 2.36. The van der Waals surface area contributed by atoms with Crippen LogP contribution in [0.25, 0.3) is 0 Å². The molecule has 1 aromatic carbocycles. The van der Waals surface area contributed by atoms with Crippen molar-refractivity contribution >= 4 is 5.69 Å². The molecular weight excluding hydrogens is 162 g/mol. The highest BCUT2D eigenvalue weighted by molar-refractivity contribution is 5.58. The molecule has 72 valence electrons. The van der Waals surface area contributed by atoms with Gasteiger partial charge in [0.15, 0.2) is 0 Å². The van der Waals surface area contributed by atoms with Crippen molar-refractivity contribution in [1.29, 1.82) is 0 Å². The molecule has 0 N–H and O–H groups in total. The normalized spacial score (nSPS) is 9.85. The van der Waals surface area contributed by atoms with E-state index in [0.29, 0.717) is 6.61 Å².